The number of para-hydroxylation sites is 2. The zero-order chi connectivity index (χ0) is 14.4. The quantitative estimate of drug-likeness (QED) is 0.630. The van der Waals surface area contributed by atoms with E-state index < -0.39 is 0 Å². The van der Waals surface area contributed by atoms with E-state index >= 15 is 0 Å². The van der Waals surface area contributed by atoms with Gasteiger partial charge in [-0.25, -0.2) is 0 Å². The maximum Gasteiger partial charge on any atom is 0.292 e. The minimum atomic E-state index is -0.388. The molecule has 0 amide bonds. The van der Waals surface area contributed by atoms with Gasteiger partial charge in [0.1, 0.15) is 5.69 Å². The Morgan fingerprint density at radius 3 is 2.68 bits per heavy atom. The average Bonchev–Trinajstić information content (AvgIpc) is 2.36. The summed E-state index contributed by atoms with van der Waals surface area (Å²) in [5, 5.41) is 13.9. The van der Waals surface area contributed by atoms with E-state index in [1.165, 1.54) is 6.07 Å². The number of nitro groups is 1. The molecule has 0 unspecified atom stereocenters. The number of benzene rings is 1. The largest absolute Gasteiger partial charge is 0.376 e. The van der Waals surface area contributed by atoms with Gasteiger partial charge in [-0.3, -0.25) is 10.1 Å². The zero-order valence-electron chi connectivity index (χ0n) is 11.5. The molecule has 5 heteroatoms. The fraction of sp³-hybridized carbons (Fsp3) is 0.286. The molecule has 0 aliphatic carbocycles. The van der Waals surface area contributed by atoms with Gasteiger partial charge in [0.25, 0.3) is 5.69 Å². The van der Waals surface area contributed by atoms with E-state index in [4.69, 9.17) is 0 Å². The van der Waals surface area contributed by atoms with Crippen LogP contribution in [0.5, 0.6) is 0 Å². The number of nitro benzene ring substituents is 1. The Morgan fingerprint density at radius 1 is 1.47 bits per heavy atom. The van der Waals surface area contributed by atoms with Gasteiger partial charge in [0, 0.05) is 31.6 Å². The van der Waals surface area contributed by atoms with Gasteiger partial charge < -0.3 is 10.2 Å². The first kappa shape index (κ1) is 14.8. The first-order valence-electron chi connectivity index (χ1n) is 5.94. The van der Waals surface area contributed by atoms with Gasteiger partial charge in [-0.15, -0.1) is 0 Å². The van der Waals surface area contributed by atoms with Crippen molar-refractivity contribution in [3.63, 3.8) is 0 Å². The van der Waals surface area contributed by atoms with Crippen LogP contribution < -0.4 is 5.32 Å². The second kappa shape index (κ2) is 6.58. The molecule has 0 saturated carbocycles. The summed E-state index contributed by atoms with van der Waals surface area (Å²) in [4.78, 5) is 12.4. The van der Waals surface area contributed by atoms with Crippen molar-refractivity contribution < 1.29 is 4.92 Å². The van der Waals surface area contributed by atoms with Crippen molar-refractivity contribution in [3.8, 4) is 0 Å². The first-order valence-corrected chi connectivity index (χ1v) is 5.94. The number of hydrogen-bond acceptors (Lipinski definition) is 4. The van der Waals surface area contributed by atoms with Crippen LogP contribution in [-0.2, 0) is 0 Å². The summed E-state index contributed by atoms with van der Waals surface area (Å²) in [5.41, 5.74) is 2.61. The minimum Gasteiger partial charge on any atom is -0.376 e. The van der Waals surface area contributed by atoms with Crippen LogP contribution in [0.2, 0.25) is 0 Å². The van der Waals surface area contributed by atoms with E-state index in [1.807, 2.05) is 32.0 Å². The van der Waals surface area contributed by atoms with Crippen molar-refractivity contribution in [1.82, 2.24) is 4.90 Å². The molecule has 0 spiro atoms. The van der Waals surface area contributed by atoms with E-state index in [-0.39, 0.29) is 10.6 Å². The SMILES string of the molecule is C=C(C)N(C)/C=C(\C)CNc1ccccc1[N+](=O)[O-]. The van der Waals surface area contributed by atoms with Crippen molar-refractivity contribution in [3.05, 3.63) is 58.4 Å². The van der Waals surface area contributed by atoms with Crippen LogP contribution in [0.4, 0.5) is 11.4 Å². The van der Waals surface area contributed by atoms with Crippen molar-refractivity contribution in [2.75, 3.05) is 18.9 Å². The highest BCUT2D eigenvalue weighted by Crippen LogP contribution is 2.23. The lowest BCUT2D eigenvalue weighted by Gasteiger charge is -2.15. The van der Waals surface area contributed by atoms with Gasteiger partial charge in [-0.2, -0.15) is 0 Å². The fourth-order valence-electron chi connectivity index (χ4n) is 1.50. The standard InChI is InChI=1S/C14H19N3O2/c1-11(2)16(4)10-12(3)9-15-13-7-5-6-8-14(13)17(18)19/h5-8,10,15H,1,9H2,2-4H3/b12-10+. The molecule has 1 N–H and O–H groups in total. The lowest BCUT2D eigenvalue weighted by atomic mass is 10.2. The maximum atomic E-state index is 10.9. The van der Waals surface area contributed by atoms with E-state index in [0.29, 0.717) is 12.2 Å². The van der Waals surface area contributed by atoms with Gasteiger partial charge in [0.05, 0.1) is 4.92 Å². The highest BCUT2D eigenvalue weighted by Gasteiger charge is 2.11. The third-order valence-corrected chi connectivity index (χ3v) is 2.67. The molecule has 0 aliphatic heterocycles. The van der Waals surface area contributed by atoms with Crippen LogP contribution in [0.3, 0.4) is 0 Å². The average molecular weight is 261 g/mol. The van der Waals surface area contributed by atoms with Crippen molar-refractivity contribution >= 4 is 11.4 Å². The third-order valence-electron chi connectivity index (χ3n) is 2.67. The molecule has 19 heavy (non-hydrogen) atoms. The lowest BCUT2D eigenvalue weighted by Crippen LogP contribution is -2.11. The zero-order valence-corrected chi connectivity index (χ0v) is 11.5. The van der Waals surface area contributed by atoms with Crippen LogP contribution in [0.15, 0.2) is 48.3 Å². The third kappa shape index (κ3) is 4.46. The van der Waals surface area contributed by atoms with Crippen molar-refractivity contribution in [2.24, 2.45) is 0 Å². The molecule has 0 radical (unpaired) electrons. The summed E-state index contributed by atoms with van der Waals surface area (Å²) in [7, 11) is 1.91. The van der Waals surface area contributed by atoms with E-state index in [2.05, 4.69) is 11.9 Å². The Bertz CT molecular complexity index is 509. The normalized spacial score (nSPS) is 11.0. The summed E-state index contributed by atoms with van der Waals surface area (Å²) in [5.74, 6) is 0. The molecule has 0 heterocycles. The molecule has 0 aliphatic rings. The van der Waals surface area contributed by atoms with Crippen LogP contribution in [0.1, 0.15) is 13.8 Å². The van der Waals surface area contributed by atoms with Gasteiger partial charge in [0.15, 0.2) is 0 Å². The Hall–Kier alpha value is -2.30. The van der Waals surface area contributed by atoms with Crippen molar-refractivity contribution in [2.45, 2.75) is 13.8 Å². The molecule has 1 aromatic rings. The van der Waals surface area contributed by atoms with E-state index in [9.17, 15) is 10.1 Å². The second-order valence-corrected chi connectivity index (χ2v) is 4.45. The number of nitrogens with zero attached hydrogens (tertiary/aromatic N) is 2. The van der Waals surface area contributed by atoms with Crippen LogP contribution in [0, 0.1) is 10.1 Å². The molecule has 5 nitrogen and oxygen atoms in total. The Kier molecular flexibility index (Phi) is 5.11. The minimum absolute atomic E-state index is 0.0866. The topological polar surface area (TPSA) is 58.4 Å². The van der Waals surface area contributed by atoms with Gasteiger partial charge in [0.2, 0.25) is 0 Å². The predicted octanol–water partition coefficient (Wildman–Crippen LogP) is 3.38. The number of anilines is 1. The van der Waals surface area contributed by atoms with Gasteiger partial charge in [-0.05, 0) is 25.5 Å². The van der Waals surface area contributed by atoms with E-state index in [0.717, 1.165) is 11.3 Å². The number of allylic oxidation sites excluding steroid dienone is 1. The molecular formula is C14H19N3O2. The first-order chi connectivity index (χ1) is 8.91. The predicted molar refractivity (Wildman–Crippen MR) is 77.9 cm³/mol. The fourth-order valence-corrected chi connectivity index (χ4v) is 1.50. The summed E-state index contributed by atoms with van der Waals surface area (Å²) in [6.45, 7) is 8.25. The molecule has 0 fully saturated rings. The molecule has 0 saturated heterocycles. The summed E-state index contributed by atoms with van der Waals surface area (Å²) >= 11 is 0. The van der Waals surface area contributed by atoms with Crippen LogP contribution in [-0.4, -0.2) is 23.4 Å². The summed E-state index contributed by atoms with van der Waals surface area (Å²) in [6.07, 6.45) is 1.95. The molecule has 1 aromatic carbocycles. The Balaban J connectivity index is 2.72. The highest BCUT2D eigenvalue weighted by molar-refractivity contribution is 5.61. The summed E-state index contributed by atoms with van der Waals surface area (Å²) < 4.78 is 0. The molecule has 102 valence electrons. The van der Waals surface area contributed by atoms with Crippen LogP contribution in [0.25, 0.3) is 0 Å². The molecule has 0 atom stereocenters. The summed E-state index contributed by atoms with van der Waals surface area (Å²) in [6, 6.07) is 6.62. The van der Waals surface area contributed by atoms with Crippen molar-refractivity contribution in [1.29, 1.82) is 0 Å². The Labute approximate surface area is 113 Å². The second-order valence-electron chi connectivity index (χ2n) is 4.45. The number of nitrogens with one attached hydrogen (secondary N) is 1. The molecule has 0 aromatic heterocycles. The smallest absolute Gasteiger partial charge is 0.292 e. The monoisotopic (exact) mass is 261 g/mol. The van der Waals surface area contributed by atoms with Gasteiger partial charge >= 0.3 is 0 Å². The lowest BCUT2D eigenvalue weighted by molar-refractivity contribution is -0.383. The number of hydrogen-bond donors (Lipinski definition) is 1. The van der Waals surface area contributed by atoms with Gasteiger partial charge in [-0.1, -0.05) is 18.7 Å². The molecule has 0 bridgehead atoms. The highest BCUT2D eigenvalue weighted by atomic mass is 16.6. The number of rotatable bonds is 6. The molecule has 1 rings (SSSR count). The Morgan fingerprint density at radius 2 is 2.11 bits per heavy atom. The maximum absolute atomic E-state index is 10.9. The van der Waals surface area contributed by atoms with E-state index in [1.54, 1.807) is 18.2 Å². The van der Waals surface area contributed by atoms with Crippen LogP contribution >= 0.6 is 0 Å². The molecular weight excluding hydrogens is 242 g/mol.